The van der Waals surface area contributed by atoms with Crippen LogP contribution in [0.1, 0.15) is 6.92 Å². The lowest BCUT2D eigenvalue weighted by molar-refractivity contribution is -0.115. The summed E-state index contributed by atoms with van der Waals surface area (Å²) in [6, 6.07) is 22.7. The molecule has 1 atom stereocenters. The number of benzene rings is 3. The highest BCUT2D eigenvalue weighted by Crippen LogP contribution is 2.33. The number of carbonyl (C=O) groups excluding carboxylic acids is 1. The molecule has 0 aliphatic rings. The van der Waals surface area contributed by atoms with Gasteiger partial charge in [0.2, 0.25) is 5.91 Å². The Morgan fingerprint density at radius 1 is 0.886 bits per heavy atom. The number of aromatic nitrogens is 3. The van der Waals surface area contributed by atoms with Gasteiger partial charge in [-0.2, -0.15) is 0 Å². The number of carbonyl (C=O) groups is 1. The molecule has 1 heterocycles. The molecule has 1 aromatic heterocycles. The molecule has 1 N–H and O–H groups in total. The second kappa shape index (κ2) is 11.0. The summed E-state index contributed by atoms with van der Waals surface area (Å²) in [5.41, 5.74) is 2.36. The average Bonchev–Trinajstić information content (AvgIpc) is 3.32. The third-order valence-electron chi connectivity index (χ3n) is 5.28. The van der Waals surface area contributed by atoms with Gasteiger partial charge >= 0.3 is 0 Å². The van der Waals surface area contributed by atoms with Gasteiger partial charge in [-0.3, -0.25) is 9.36 Å². The first-order valence-electron chi connectivity index (χ1n) is 10.9. The van der Waals surface area contributed by atoms with E-state index in [1.165, 1.54) is 11.8 Å². The highest BCUT2D eigenvalue weighted by atomic mass is 32.2. The van der Waals surface area contributed by atoms with Crippen molar-refractivity contribution in [2.75, 3.05) is 26.6 Å². The molecule has 4 rings (SSSR count). The SMILES string of the molecule is COc1cccc(-c2nnc(SC(C)C(=O)Nc3ccc(OC)c(OC)c3)n2-c2ccccc2)c1. The highest BCUT2D eigenvalue weighted by Gasteiger charge is 2.22. The molecular formula is C26H26N4O4S. The molecule has 180 valence electrons. The first-order valence-corrected chi connectivity index (χ1v) is 11.8. The number of hydrogen-bond acceptors (Lipinski definition) is 7. The van der Waals surface area contributed by atoms with E-state index in [4.69, 9.17) is 14.2 Å². The van der Waals surface area contributed by atoms with Crippen molar-refractivity contribution < 1.29 is 19.0 Å². The molecule has 0 aliphatic carbocycles. The van der Waals surface area contributed by atoms with Crippen LogP contribution in [-0.4, -0.2) is 47.3 Å². The van der Waals surface area contributed by atoms with Crippen molar-refractivity contribution in [2.45, 2.75) is 17.3 Å². The number of anilines is 1. The number of methoxy groups -OCH3 is 3. The molecule has 0 saturated carbocycles. The van der Waals surface area contributed by atoms with Gasteiger partial charge in [0.25, 0.3) is 0 Å². The minimum absolute atomic E-state index is 0.173. The standard InChI is InChI=1S/C26H26N4O4S/c1-17(25(31)27-19-13-14-22(33-3)23(16-19)34-4)35-26-29-28-24(18-9-8-12-21(15-18)32-2)30(26)20-10-6-5-7-11-20/h5-17H,1-4H3,(H,27,31). The van der Waals surface area contributed by atoms with E-state index < -0.39 is 5.25 Å². The second-order valence-electron chi connectivity index (χ2n) is 7.53. The number of nitrogens with zero attached hydrogens (tertiary/aromatic N) is 3. The summed E-state index contributed by atoms with van der Waals surface area (Å²) in [7, 11) is 4.75. The molecule has 1 amide bonds. The molecule has 0 fully saturated rings. The number of para-hydroxylation sites is 1. The van der Waals surface area contributed by atoms with Crippen LogP contribution in [0.15, 0.2) is 78.0 Å². The summed E-state index contributed by atoms with van der Waals surface area (Å²) in [4.78, 5) is 13.0. The van der Waals surface area contributed by atoms with Crippen LogP contribution in [0.2, 0.25) is 0 Å². The Morgan fingerprint density at radius 3 is 2.37 bits per heavy atom. The number of thioether (sulfide) groups is 1. The van der Waals surface area contributed by atoms with Crippen molar-refractivity contribution in [1.82, 2.24) is 14.8 Å². The lowest BCUT2D eigenvalue weighted by Crippen LogP contribution is -2.23. The third-order valence-corrected chi connectivity index (χ3v) is 6.32. The molecule has 0 saturated heterocycles. The molecular weight excluding hydrogens is 464 g/mol. The van der Waals surface area contributed by atoms with Crippen molar-refractivity contribution >= 4 is 23.4 Å². The largest absolute Gasteiger partial charge is 0.497 e. The van der Waals surface area contributed by atoms with Crippen molar-refractivity contribution in [1.29, 1.82) is 0 Å². The van der Waals surface area contributed by atoms with E-state index in [9.17, 15) is 4.79 Å². The summed E-state index contributed by atoms with van der Waals surface area (Å²) in [6.07, 6.45) is 0. The van der Waals surface area contributed by atoms with Crippen molar-refractivity contribution in [2.24, 2.45) is 0 Å². The summed E-state index contributed by atoms with van der Waals surface area (Å²) in [5, 5.41) is 12.0. The Hall–Kier alpha value is -3.98. The number of amides is 1. The normalized spacial score (nSPS) is 11.5. The molecule has 0 bridgehead atoms. The smallest absolute Gasteiger partial charge is 0.237 e. The lowest BCUT2D eigenvalue weighted by atomic mass is 10.2. The highest BCUT2D eigenvalue weighted by molar-refractivity contribution is 8.00. The number of hydrogen-bond donors (Lipinski definition) is 1. The minimum Gasteiger partial charge on any atom is -0.497 e. The van der Waals surface area contributed by atoms with Gasteiger partial charge in [0, 0.05) is 23.0 Å². The van der Waals surface area contributed by atoms with Crippen LogP contribution in [0, 0.1) is 0 Å². The summed E-state index contributed by atoms with van der Waals surface area (Å²) in [5.74, 6) is 2.34. The van der Waals surface area contributed by atoms with Crippen molar-refractivity contribution in [3.05, 3.63) is 72.8 Å². The fourth-order valence-corrected chi connectivity index (χ4v) is 4.34. The molecule has 4 aromatic rings. The van der Waals surface area contributed by atoms with Crippen LogP contribution in [0.25, 0.3) is 17.1 Å². The summed E-state index contributed by atoms with van der Waals surface area (Å²) in [6.45, 7) is 1.83. The first-order chi connectivity index (χ1) is 17.0. The fraction of sp³-hybridized carbons (Fsp3) is 0.192. The predicted molar refractivity (Wildman–Crippen MR) is 137 cm³/mol. The maximum atomic E-state index is 13.0. The average molecular weight is 491 g/mol. The van der Waals surface area contributed by atoms with Crippen LogP contribution < -0.4 is 19.5 Å². The fourth-order valence-electron chi connectivity index (χ4n) is 3.47. The second-order valence-corrected chi connectivity index (χ2v) is 8.84. The Labute approximate surface area is 208 Å². The van der Waals surface area contributed by atoms with Gasteiger partial charge in [0.1, 0.15) is 5.75 Å². The van der Waals surface area contributed by atoms with Crippen LogP contribution in [0.5, 0.6) is 17.2 Å². The van der Waals surface area contributed by atoms with Gasteiger partial charge in [0.15, 0.2) is 22.5 Å². The summed E-state index contributed by atoms with van der Waals surface area (Å²) >= 11 is 1.33. The Balaban J connectivity index is 1.61. The van der Waals surface area contributed by atoms with Crippen molar-refractivity contribution in [3.8, 4) is 34.3 Å². The Kier molecular flexibility index (Phi) is 7.57. The van der Waals surface area contributed by atoms with Crippen LogP contribution >= 0.6 is 11.8 Å². The van der Waals surface area contributed by atoms with E-state index >= 15 is 0 Å². The number of ether oxygens (including phenoxy) is 3. The predicted octanol–water partition coefficient (Wildman–Crippen LogP) is 5.08. The maximum absolute atomic E-state index is 13.0. The monoisotopic (exact) mass is 490 g/mol. The van der Waals surface area contributed by atoms with E-state index in [0.717, 1.165) is 17.0 Å². The zero-order valence-electron chi connectivity index (χ0n) is 19.9. The van der Waals surface area contributed by atoms with E-state index in [-0.39, 0.29) is 5.91 Å². The van der Waals surface area contributed by atoms with E-state index in [1.807, 2.05) is 66.1 Å². The third kappa shape index (κ3) is 5.41. The zero-order chi connectivity index (χ0) is 24.8. The van der Waals surface area contributed by atoms with Gasteiger partial charge in [-0.15, -0.1) is 10.2 Å². The molecule has 35 heavy (non-hydrogen) atoms. The van der Waals surface area contributed by atoms with Crippen LogP contribution in [0.3, 0.4) is 0 Å². The number of rotatable bonds is 9. The summed E-state index contributed by atoms with van der Waals surface area (Å²) < 4.78 is 17.9. The van der Waals surface area contributed by atoms with E-state index in [2.05, 4.69) is 15.5 Å². The molecule has 8 nitrogen and oxygen atoms in total. The minimum atomic E-state index is -0.451. The topological polar surface area (TPSA) is 87.5 Å². The Bertz CT molecular complexity index is 1310. The molecule has 0 radical (unpaired) electrons. The molecule has 3 aromatic carbocycles. The molecule has 0 aliphatic heterocycles. The van der Waals surface area contributed by atoms with Crippen molar-refractivity contribution in [3.63, 3.8) is 0 Å². The Morgan fingerprint density at radius 2 is 1.66 bits per heavy atom. The zero-order valence-corrected chi connectivity index (χ0v) is 20.7. The van der Waals surface area contributed by atoms with Crippen LogP contribution in [0.4, 0.5) is 5.69 Å². The first kappa shape index (κ1) is 24.2. The van der Waals surface area contributed by atoms with Gasteiger partial charge in [-0.25, -0.2) is 0 Å². The van der Waals surface area contributed by atoms with Gasteiger partial charge < -0.3 is 19.5 Å². The molecule has 0 spiro atoms. The van der Waals surface area contributed by atoms with Crippen LogP contribution in [-0.2, 0) is 4.79 Å². The van der Waals surface area contributed by atoms with Gasteiger partial charge in [0.05, 0.1) is 26.6 Å². The van der Waals surface area contributed by atoms with Gasteiger partial charge in [-0.05, 0) is 43.3 Å². The van der Waals surface area contributed by atoms with E-state index in [1.54, 1.807) is 39.5 Å². The number of nitrogens with one attached hydrogen (secondary N) is 1. The van der Waals surface area contributed by atoms with E-state index in [0.29, 0.717) is 28.2 Å². The quantitative estimate of drug-likeness (QED) is 0.327. The van der Waals surface area contributed by atoms with Gasteiger partial charge in [-0.1, -0.05) is 42.1 Å². The molecule has 1 unspecified atom stereocenters. The maximum Gasteiger partial charge on any atom is 0.237 e. The lowest BCUT2D eigenvalue weighted by Gasteiger charge is -2.15. The molecule has 9 heteroatoms.